The van der Waals surface area contributed by atoms with Crippen molar-refractivity contribution in [2.45, 2.75) is 40.5 Å². The summed E-state index contributed by atoms with van der Waals surface area (Å²) in [6.07, 6.45) is 3.81. The van der Waals surface area contributed by atoms with Crippen LogP contribution in [-0.4, -0.2) is 27.0 Å². The van der Waals surface area contributed by atoms with Crippen molar-refractivity contribution in [2.75, 3.05) is 0 Å². The van der Waals surface area contributed by atoms with E-state index in [1.165, 1.54) is 0 Å². The van der Waals surface area contributed by atoms with Crippen LogP contribution in [0.5, 0.6) is 5.75 Å². The number of fused-ring (bicyclic) bond motifs is 4. The van der Waals surface area contributed by atoms with Crippen LogP contribution in [0.3, 0.4) is 0 Å². The summed E-state index contributed by atoms with van der Waals surface area (Å²) in [6, 6.07) is 7.56. The first kappa shape index (κ1) is 19.9. The Bertz CT molecular complexity index is 1320. The fraction of sp³-hybridized carbons (Fsp3) is 0.292. The minimum atomic E-state index is -0.927. The third-order valence-corrected chi connectivity index (χ3v) is 5.88. The number of aryl methyl sites for hydroxylation is 2. The maximum atomic E-state index is 12.6. The Kier molecular flexibility index (Phi) is 4.73. The summed E-state index contributed by atoms with van der Waals surface area (Å²) in [5.41, 5.74) is 3.41. The van der Waals surface area contributed by atoms with Gasteiger partial charge in [0.1, 0.15) is 5.75 Å². The fourth-order valence-corrected chi connectivity index (χ4v) is 3.96. The molecule has 0 aliphatic heterocycles. The molecule has 2 aromatic heterocycles. The number of pyridine rings is 1. The predicted octanol–water partition coefficient (Wildman–Crippen LogP) is 5.28. The van der Waals surface area contributed by atoms with E-state index in [4.69, 9.17) is 9.84 Å². The standard InChI is InChI=1S/C24H24N2O4/c1-13-18-12-25-10-8-16(18)14(2)22-21(13)17-11-15(5-6-19(17)26-22)30-23(29)24(3,4)9-7-20(27)28/h5-6,8,10-12,26H,7,9H2,1-4H3,(H,27,28). The molecule has 0 spiro atoms. The molecule has 154 valence electrons. The number of aromatic nitrogens is 2. The molecular formula is C24H24N2O4. The van der Waals surface area contributed by atoms with E-state index in [0.717, 1.165) is 43.7 Å². The van der Waals surface area contributed by atoms with Gasteiger partial charge >= 0.3 is 11.9 Å². The monoisotopic (exact) mass is 404 g/mol. The van der Waals surface area contributed by atoms with Gasteiger partial charge in [-0.15, -0.1) is 0 Å². The van der Waals surface area contributed by atoms with Crippen molar-refractivity contribution in [2.24, 2.45) is 5.41 Å². The number of carbonyl (C=O) groups excluding carboxylic acids is 1. The first-order valence-corrected chi connectivity index (χ1v) is 9.91. The highest BCUT2D eigenvalue weighted by molar-refractivity contribution is 6.16. The average Bonchev–Trinajstić information content (AvgIpc) is 3.10. The van der Waals surface area contributed by atoms with Crippen LogP contribution in [0.2, 0.25) is 0 Å². The van der Waals surface area contributed by atoms with Gasteiger partial charge in [0.25, 0.3) is 0 Å². The predicted molar refractivity (Wildman–Crippen MR) is 117 cm³/mol. The minimum absolute atomic E-state index is 0.0802. The van der Waals surface area contributed by atoms with Gasteiger partial charge in [-0.1, -0.05) is 0 Å². The quantitative estimate of drug-likeness (QED) is 0.349. The molecule has 0 saturated carbocycles. The lowest BCUT2D eigenvalue weighted by Crippen LogP contribution is -2.29. The van der Waals surface area contributed by atoms with E-state index in [1.54, 1.807) is 26.1 Å². The summed E-state index contributed by atoms with van der Waals surface area (Å²) < 4.78 is 5.64. The molecule has 0 saturated heterocycles. The van der Waals surface area contributed by atoms with Gasteiger partial charge in [-0.05, 0) is 74.9 Å². The topological polar surface area (TPSA) is 92.3 Å². The second-order valence-electron chi connectivity index (χ2n) is 8.42. The number of benzene rings is 2. The fourth-order valence-electron chi connectivity index (χ4n) is 3.96. The number of aliphatic carboxylic acids is 1. The summed E-state index contributed by atoms with van der Waals surface area (Å²) in [5, 5.41) is 13.2. The van der Waals surface area contributed by atoms with E-state index in [9.17, 15) is 9.59 Å². The van der Waals surface area contributed by atoms with E-state index < -0.39 is 17.4 Å². The molecule has 4 rings (SSSR count). The third kappa shape index (κ3) is 3.28. The number of hydrogen-bond donors (Lipinski definition) is 2. The van der Waals surface area contributed by atoms with E-state index in [1.807, 2.05) is 24.4 Å². The van der Waals surface area contributed by atoms with Crippen molar-refractivity contribution in [3.05, 3.63) is 47.8 Å². The van der Waals surface area contributed by atoms with Crippen molar-refractivity contribution in [1.82, 2.24) is 9.97 Å². The number of aromatic amines is 1. The van der Waals surface area contributed by atoms with E-state index >= 15 is 0 Å². The van der Waals surface area contributed by atoms with E-state index in [2.05, 4.69) is 23.8 Å². The molecule has 0 aliphatic rings. The molecule has 0 aliphatic carbocycles. The third-order valence-electron chi connectivity index (χ3n) is 5.88. The smallest absolute Gasteiger partial charge is 0.316 e. The van der Waals surface area contributed by atoms with Gasteiger partial charge in [0.05, 0.1) is 10.9 Å². The Morgan fingerprint density at radius 3 is 2.60 bits per heavy atom. The first-order chi connectivity index (χ1) is 14.2. The SMILES string of the molecule is Cc1c2ccncc2c(C)c2c1[nH]c1ccc(OC(=O)C(C)(C)CCC(=O)O)cc12. The molecule has 0 fully saturated rings. The number of carbonyl (C=O) groups is 2. The number of carboxylic acid groups (broad SMARTS) is 1. The zero-order chi connectivity index (χ0) is 21.6. The number of rotatable bonds is 5. The molecule has 30 heavy (non-hydrogen) atoms. The van der Waals surface area contributed by atoms with Gasteiger partial charge < -0.3 is 14.8 Å². The van der Waals surface area contributed by atoms with Crippen LogP contribution in [0.15, 0.2) is 36.7 Å². The Morgan fingerprint density at radius 2 is 1.87 bits per heavy atom. The Labute approximate surface area is 173 Å². The molecule has 2 heterocycles. The summed E-state index contributed by atoms with van der Waals surface area (Å²) in [5.74, 6) is -0.922. The highest BCUT2D eigenvalue weighted by atomic mass is 16.5. The average molecular weight is 404 g/mol. The molecular weight excluding hydrogens is 380 g/mol. The number of esters is 1. The van der Waals surface area contributed by atoms with Crippen LogP contribution in [-0.2, 0) is 9.59 Å². The number of nitrogens with zero attached hydrogens (tertiary/aromatic N) is 1. The number of hydrogen-bond acceptors (Lipinski definition) is 4. The molecule has 4 aromatic rings. The summed E-state index contributed by atoms with van der Waals surface area (Å²) in [7, 11) is 0. The van der Waals surface area contributed by atoms with E-state index in [-0.39, 0.29) is 12.8 Å². The first-order valence-electron chi connectivity index (χ1n) is 9.91. The van der Waals surface area contributed by atoms with Gasteiger partial charge in [-0.3, -0.25) is 14.6 Å². The Balaban J connectivity index is 1.78. The lowest BCUT2D eigenvalue weighted by molar-refractivity contribution is -0.145. The summed E-state index contributed by atoms with van der Waals surface area (Å²) in [4.78, 5) is 31.3. The molecule has 0 bridgehead atoms. The zero-order valence-electron chi connectivity index (χ0n) is 17.5. The molecule has 2 aromatic carbocycles. The maximum Gasteiger partial charge on any atom is 0.316 e. The summed E-state index contributed by atoms with van der Waals surface area (Å²) >= 11 is 0. The lowest BCUT2D eigenvalue weighted by Gasteiger charge is -2.21. The van der Waals surface area contributed by atoms with Crippen molar-refractivity contribution in [3.8, 4) is 5.75 Å². The highest BCUT2D eigenvalue weighted by Crippen LogP contribution is 2.37. The number of carboxylic acids is 1. The lowest BCUT2D eigenvalue weighted by atomic mass is 9.88. The van der Waals surface area contributed by atoms with E-state index in [0.29, 0.717) is 5.75 Å². The number of ether oxygens (including phenoxy) is 1. The van der Waals surface area contributed by atoms with Crippen molar-refractivity contribution in [1.29, 1.82) is 0 Å². The normalized spacial score (nSPS) is 12.0. The van der Waals surface area contributed by atoms with Crippen LogP contribution in [0.1, 0.15) is 37.8 Å². The van der Waals surface area contributed by atoms with Crippen LogP contribution in [0.4, 0.5) is 0 Å². The molecule has 0 radical (unpaired) electrons. The second kappa shape index (κ2) is 7.13. The molecule has 0 unspecified atom stereocenters. The Morgan fingerprint density at radius 1 is 1.10 bits per heavy atom. The Hall–Kier alpha value is -3.41. The van der Waals surface area contributed by atoms with Gasteiger partial charge in [0.2, 0.25) is 0 Å². The zero-order valence-corrected chi connectivity index (χ0v) is 17.5. The molecule has 6 nitrogen and oxygen atoms in total. The molecule has 0 amide bonds. The maximum absolute atomic E-state index is 12.6. The van der Waals surface area contributed by atoms with Crippen LogP contribution in [0, 0.1) is 19.3 Å². The summed E-state index contributed by atoms with van der Waals surface area (Å²) in [6.45, 7) is 7.57. The molecule has 0 atom stereocenters. The molecule has 6 heteroatoms. The largest absolute Gasteiger partial charge is 0.481 e. The van der Waals surface area contributed by atoms with Crippen molar-refractivity contribution < 1.29 is 19.4 Å². The highest BCUT2D eigenvalue weighted by Gasteiger charge is 2.30. The van der Waals surface area contributed by atoms with Gasteiger partial charge in [-0.25, -0.2) is 0 Å². The molecule has 2 N–H and O–H groups in total. The van der Waals surface area contributed by atoms with Gasteiger partial charge in [-0.2, -0.15) is 0 Å². The number of H-pyrrole nitrogens is 1. The van der Waals surface area contributed by atoms with Crippen molar-refractivity contribution in [3.63, 3.8) is 0 Å². The second-order valence-corrected chi connectivity index (χ2v) is 8.42. The van der Waals surface area contributed by atoms with Crippen LogP contribution in [0.25, 0.3) is 32.6 Å². The van der Waals surface area contributed by atoms with Gasteiger partial charge in [0, 0.05) is 40.5 Å². The van der Waals surface area contributed by atoms with Crippen molar-refractivity contribution >= 4 is 44.5 Å². The number of nitrogens with one attached hydrogen (secondary N) is 1. The van der Waals surface area contributed by atoms with Crippen LogP contribution < -0.4 is 4.74 Å². The minimum Gasteiger partial charge on any atom is -0.481 e. The van der Waals surface area contributed by atoms with Crippen LogP contribution >= 0.6 is 0 Å². The van der Waals surface area contributed by atoms with Gasteiger partial charge in [0.15, 0.2) is 0 Å².